The van der Waals surface area contributed by atoms with Crippen molar-refractivity contribution in [1.29, 1.82) is 0 Å². The summed E-state index contributed by atoms with van der Waals surface area (Å²) in [5.74, 6) is 0. The fourth-order valence-corrected chi connectivity index (χ4v) is 3.29. The first-order valence-corrected chi connectivity index (χ1v) is 7.50. The number of hydrogen-bond acceptors (Lipinski definition) is 3. The molecule has 1 heterocycles. The third kappa shape index (κ3) is 2.84. The Kier molecular flexibility index (Phi) is 4.63. The van der Waals surface area contributed by atoms with Crippen molar-refractivity contribution in [2.45, 2.75) is 64.5 Å². The van der Waals surface area contributed by atoms with Gasteiger partial charge in [0.25, 0.3) is 0 Å². The highest BCUT2D eigenvalue weighted by molar-refractivity contribution is 5.10. The van der Waals surface area contributed by atoms with Crippen molar-refractivity contribution in [1.82, 2.24) is 9.55 Å². The molecular weight excluding hydrogens is 238 g/mol. The highest BCUT2D eigenvalue weighted by Gasteiger charge is 2.39. The van der Waals surface area contributed by atoms with Crippen LogP contribution in [0, 0.1) is 5.41 Å². The van der Waals surface area contributed by atoms with Crippen molar-refractivity contribution in [2.24, 2.45) is 11.1 Å². The van der Waals surface area contributed by atoms with Crippen LogP contribution < -0.4 is 5.73 Å². The number of nitrogens with zero attached hydrogens (tertiary/aromatic N) is 2. The Labute approximate surface area is 116 Å². The van der Waals surface area contributed by atoms with Gasteiger partial charge in [0.1, 0.15) is 6.10 Å². The first kappa shape index (κ1) is 14.5. The van der Waals surface area contributed by atoms with Crippen LogP contribution in [-0.4, -0.2) is 21.2 Å². The van der Waals surface area contributed by atoms with Gasteiger partial charge < -0.3 is 15.4 Å². The molecule has 1 aromatic rings. The molecule has 1 unspecified atom stereocenters. The van der Waals surface area contributed by atoms with Gasteiger partial charge >= 0.3 is 0 Å². The predicted molar refractivity (Wildman–Crippen MR) is 76.8 cm³/mol. The van der Waals surface area contributed by atoms with Gasteiger partial charge in [0, 0.05) is 18.0 Å². The third-order valence-corrected chi connectivity index (χ3v) is 4.62. The highest BCUT2D eigenvalue weighted by Crippen LogP contribution is 2.44. The van der Waals surface area contributed by atoms with Crippen LogP contribution in [0.3, 0.4) is 0 Å². The van der Waals surface area contributed by atoms with Crippen molar-refractivity contribution in [2.75, 3.05) is 6.54 Å². The smallest absolute Gasteiger partial charge is 0.102 e. The molecule has 1 fully saturated rings. The number of rotatable bonds is 4. The van der Waals surface area contributed by atoms with E-state index in [2.05, 4.69) is 23.4 Å². The summed E-state index contributed by atoms with van der Waals surface area (Å²) in [4.78, 5) is 4.21. The molecule has 108 valence electrons. The zero-order valence-electron chi connectivity index (χ0n) is 12.2. The molecule has 0 aliphatic heterocycles. The molecule has 4 nitrogen and oxygen atoms in total. The van der Waals surface area contributed by atoms with Gasteiger partial charge in [-0.25, -0.2) is 4.98 Å². The van der Waals surface area contributed by atoms with Gasteiger partial charge in [-0.05, 0) is 26.7 Å². The Bertz CT molecular complexity index is 392. The topological polar surface area (TPSA) is 64.1 Å². The van der Waals surface area contributed by atoms with Crippen LogP contribution in [0.15, 0.2) is 12.5 Å². The largest absolute Gasteiger partial charge is 0.386 e. The minimum absolute atomic E-state index is 0.164. The summed E-state index contributed by atoms with van der Waals surface area (Å²) in [6.07, 6.45) is 10.0. The van der Waals surface area contributed by atoms with Crippen molar-refractivity contribution in [3.8, 4) is 0 Å². The van der Waals surface area contributed by atoms with Gasteiger partial charge in [-0.3, -0.25) is 0 Å². The number of aliphatic hydroxyl groups excluding tert-OH is 1. The van der Waals surface area contributed by atoms with Gasteiger partial charge in [0.05, 0.1) is 18.2 Å². The lowest BCUT2D eigenvalue weighted by Crippen LogP contribution is -2.37. The number of hydrogen-bond donors (Lipinski definition) is 2. The zero-order valence-corrected chi connectivity index (χ0v) is 12.2. The molecule has 1 aliphatic carbocycles. The van der Waals surface area contributed by atoms with E-state index in [9.17, 15) is 5.11 Å². The maximum atomic E-state index is 10.9. The molecule has 19 heavy (non-hydrogen) atoms. The van der Waals surface area contributed by atoms with E-state index >= 15 is 0 Å². The third-order valence-electron chi connectivity index (χ3n) is 4.62. The SMILES string of the molecule is CC(C)n1cncc1C(O)C1(CN)CCCCCC1. The maximum absolute atomic E-state index is 10.9. The quantitative estimate of drug-likeness (QED) is 0.823. The predicted octanol–water partition coefficient (Wildman–Crippen LogP) is 2.80. The minimum Gasteiger partial charge on any atom is -0.386 e. The molecular formula is C15H27N3O. The molecule has 0 saturated heterocycles. The maximum Gasteiger partial charge on any atom is 0.102 e. The van der Waals surface area contributed by atoms with E-state index in [1.165, 1.54) is 25.7 Å². The van der Waals surface area contributed by atoms with Gasteiger partial charge in [-0.2, -0.15) is 0 Å². The Balaban J connectivity index is 2.28. The molecule has 0 spiro atoms. The number of aliphatic hydroxyl groups is 1. The lowest BCUT2D eigenvalue weighted by atomic mass is 9.74. The first-order chi connectivity index (χ1) is 9.10. The Morgan fingerprint density at radius 2 is 1.95 bits per heavy atom. The standard InChI is InChI=1S/C15H27N3O/c1-12(2)18-11-17-9-13(18)14(19)15(10-16)7-5-3-4-6-8-15/h9,11-12,14,19H,3-8,10,16H2,1-2H3. The lowest BCUT2D eigenvalue weighted by molar-refractivity contribution is 0.0104. The number of nitrogens with two attached hydrogens (primary N) is 1. The Hall–Kier alpha value is -0.870. The summed E-state index contributed by atoms with van der Waals surface area (Å²) in [5.41, 5.74) is 6.81. The molecule has 1 atom stereocenters. The molecule has 1 saturated carbocycles. The van der Waals surface area contributed by atoms with E-state index in [-0.39, 0.29) is 5.41 Å². The summed E-state index contributed by atoms with van der Waals surface area (Å²) in [6, 6.07) is 0.313. The van der Waals surface area contributed by atoms with Crippen LogP contribution in [0.1, 0.15) is 70.2 Å². The van der Waals surface area contributed by atoms with E-state index in [1.54, 1.807) is 6.20 Å². The van der Waals surface area contributed by atoms with Crippen LogP contribution >= 0.6 is 0 Å². The van der Waals surface area contributed by atoms with Gasteiger partial charge in [0.15, 0.2) is 0 Å². The average molecular weight is 265 g/mol. The van der Waals surface area contributed by atoms with Gasteiger partial charge in [-0.15, -0.1) is 0 Å². The van der Waals surface area contributed by atoms with Crippen LogP contribution in [0.5, 0.6) is 0 Å². The van der Waals surface area contributed by atoms with Crippen molar-refractivity contribution < 1.29 is 5.11 Å². The Morgan fingerprint density at radius 1 is 1.32 bits per heavy atom. The van der Waals surface area contributed by atoms with Crippen molar-refractivity contribution >= 4 is 0 Å². The number of aromatic nitrogens is 2. The van der Waals surface area contributed by atoms with E-state index in [1.807, 2.05) is 6.33 Å². The van der Waals surface area contributed by atoms with E-state index in [4.69, 9.17) is 5.73 Å². The average Bonchev–Trinajstić information content (AvgIpc) is 2.76. The summed E-state index contributed by atoms with van der Waals surface area (Å²) in [6.45, 7) is 4.78. The fourth-order valence-electron chi connectivity index (χ4n) is 3.29. The second-order valence-corrected chi connectivity index (χ2v) is 6.20. The molecule has 0 bridgehead atoms. The van der Waals surface area contributed by atoms with E-state index in [0.717, 1.165) is 18.5 Å². The van der Waals surface area contributed by atoms with Gasteiger partial charge in [0.2, 0.25) is 0 Å². The summed E-state index contributed by atoms with van der Waals surface area (Å²) >= 11 is 0. The fraction of sp³-hybridized carbons (Fsp3) is 0.800. The molecule has 2 rings (SSSR count). The van der Waals surface area contributed by atoms with E-state index in [0.29, 0.717) is 12.6 Å². The molecule has 3 N–H and O–H groups in total. The normalized spacial score (nSPS) is 21.3. The molecule has 1 aliphatic rings. The molecule has 0 amide bonds. The summed E-state index contributed by atoms with van der Waals surface area (Å²) in [5, 5.41) is 10.9. The molecule has 0 radical (unpaired) electrons. The Morgan fingerprint density at radius 3 is 2.47 bits per heavy atom. The highest BCUT2D eigenvalue weighted by atomic mass is 16.3. The second-order valence-electron chi connectivity index (χ2n) is 6.20. The van der Waals surface area contributed by atoms with Crippen LogP contribution in [0.2, 0.25) is 0 Å². The monoisotopic (exact) mass is 265 g/mol. The van der Waals surface area contributed by atoms with Crippen LogP contribution in [0.25, 0.3) is 0 Å². The van der Waals surface area contributed by atoms with Crippen LogP contribution in [0.4, 0.5) is 0 Å². The second kappa shape index (κ2) is 6.06. The van der Waals surface area contributed by atoms with E-state index < -0.39 is 6.10 Å². The lowest BCUT2D eigenvalue weighted by Gasteiger charge is -2.37. The summed E-state index contributed by atoms with van der Waals surface area (Å²) < 4.78 is 2.06. The summed E-state index contributed by atoms with van der Waals surface area (Å²) in [7, 11) is 0. The molecule has 4 heteroatoms. The zero-order chi connectivity index (χ0) is 13.9. The first-order valence-electron chi connectivity index (χ1n) is 7.50. The van der Waals surface area contributed by atoms with Gasteiger partial charge in [-0.1, -0.05) is 25.7 Å². The minimum atomic E-state index is -0.500. The number of imidazole rings is 1. The van der Waals surface area contributed by atoms with Crippen molar-refractivity contribution in [3.05, 3.63) is 18.2 Å². The van der Waals surface area contributed by atoms with Crippen LogP contribution in [-0.2, 0) is 0 Å². The molecule has 0 aromatic carbocycles. The molecule has 1 aromatic heterocycles. The van der Waals surface area contributed by atoms with Crippen molar-refractivity contribution in [3.63, 3.8) is 0 Å².